The summed E-state index contributed by atoms with van der Waals surface area (Å²) in [7, 11) is 0. The molecule has 2 aromatic carbocycles. The third-order valence-electron chi connectivity index (χ3n) is 3.13. The maximum Gasteiger partial charge on any atom is 0.265 e. The number of hydrogen-bond donors (Lipinski definition) is 1. The second-order valence-corrected chi connectivity index (χ2v) is 5.81. The molecular weight excluding hydrogens is 365 g/mol. The van der Waals surface area contributed by atoms with Crippen molar-refractivity contribution in [1.29, 1.82) is 0 Å². The van der Waals surface area contributed by atoms with Crippen molar-refractivity contribution < 1.29 is 18.7 Å². The van der Waals surface area contributed by atoms with Gasteiger partial charge in [0.2, 0.25) is 0 Å². The van der Waals surface area contributed by atoms with E-state index < -0.39 is 11.9 Å². The van der Waals surface area contributed by atoms with Crippen molar-refractivity contribution >= 4 is 33.3 Å². The number of ketones is 1. The maximum absolute atomic E-state index is 13.0. The molecule has 0 spiro atoms. The van der Waals surface area contributed by atoms with Gasteiger partial charge >= 0.3 is 0 Å². The van der Waals surface area contributed by atoms with Crippen LogP contribution in [0.1, 0.15) is 24.2 Å². The summed E-state index contributed by atoms with van der Waals surface area (Å²) in [6, 6.07) is 10.5. The highest BCUT2D eigenvalue weighted by Gasteiger charge is 2.16. The molecule has 0 aliphatic carbocycles. The highest BCUT2D eigenvalue weighted by molar-refractivity contribution is 9.10. The number of halogens is 2. The molecule has 0 saturated carbocycles. The minimum Gasteiger partial charge on any atom is -0.480 e. The van der Waals surface area contributed by atoms with E-state index in [9.17, 15) is 14.0 Å². The van der Waals surface area contributed by atoms with Crippen LogP contribution in [-0.4, -0.2) is 17.8 Å². The molecular formula is C17H15BrFNO3. The Morgan fingerprint density at radius 2 is 1.83 bits per heavy atom. The van der Waals surface area contributed by atoms with Gasteiger partial charge < -0.3 is 10.1 Å². The zero-order valence-electron chi connectivity index (χ0n) is 12.6. The summed E-state index contributed by atoms with van der Waals surface area (Å²) in [4.78, 5) is 23.3. The minimum atomic E-state index is -0.774. The molecule has 0 fully saturated rings. The number of benzene rings is 2. The molecule has 23 heavy (non-hydrogen) atoms. The first-order chi connectivity index (χ1) is 10.9. The first kappa shape index (κ1) is 17.1. The normalized spacial score (nSPS) is 11.7. The Balaban J connectivity index is 2.00. The van der Waals surface area contributed by atoms with Crippen LogP contribution in [0.15, 0.2) is 46.9 Å². The highest BCUT2D eigenvalue weighted by atomic mass is 79.9. The Labute approximate surface area is 141 Å². The molecule has 6 heteroatoms. The summed E-state index contributed by atoms with van der Waals surface area (Å²) in [5, 5.41) is 2.69. The molecule has 0 saturated heterocycles. The van der Waals surface area contributed by atoms with E-state index in [1.807, 2.05) is 0 Å². The van der Waals surface area contributed by atoms with Gasteiger partial charge in [0.25, 0.3) is 5.91 Å². The van der Waals surface area contributed by atoms with Crippen molar-refractivity contribution in [3.05, 3.63) is 58.3 Å². The fourth-order valence-electron chi connectivity index (χ4n) is 1.85. The van der Waals surface area contributed by atoms with Gasteiger partial charge in [0.05, 0.1) is 4.47 Å². The van der Waals surface area contributed by atoms with Crippen LogP contribution in [0.25, 0.3) is 0 Å². The van der Waals surface area contributed by atoms with Crippen molar-refractivity contribution in [3.8, 4) is 5.75 Å². The number of amides is 1. The lowest BCUT2D eigenvalue weighted by Crippen LogP contribution is -2.30. The molecule has 0 unspecified atom stereocenters. The Morgan fingerprint density at radius 3 is 2.39 bits per heavy atom. The van der Waals surface area contributed by atoms with Crippen LogP contribution in [0, 0.1) is 5.82 Å². The number of carbonyl (C=O) groups is 2. The lowest BCUT2D eigenvalue weighted by molar-refractivity contribution is -0.122. The number of anilines is 1. The van der Waals surface area contributed by atoms with Crippen LogP contribution in [0.4, 0.5) is 10.1 Å². The average Bonchev–Trinajstić information content (AvgIpc) is 2.50. The molecule has 4 nitrogen and oxygen atoms in total. The van der Waals surface area contributed by atoms with Gasteiger partial charge in [-0.2, -0.15) is 0 Å². The second-order valence-electron chi connectivity index (χ2n) is 4.96. The van der Waals surface area contributed by atoms with Gasteiger partial charge in [0, 0.05) is 11.3 Å². The first-order valence-corrected chi connectivity index (χ1v) is 7.69. The fraction of sp³-hybridized carbons (Fsp3) is 0.176. The van der Waals surface area contributed by atoms with Gasteiger partial charge in [-0.15, -0.1) is 0 Å². The molecule has 0 bridgehead atoms. The standard InChI is InChI=1S/C17H15BrFNO3/c1-10(21)12-3-6-14(7-4-12)20-17(22)11(2)23-16-8-5-13(19)9-15(16)18/h3-9,11H,1-2H3,(H,20,22)/t11-/m0/s1. The topological polar surface area (TPSA) is 55.4 Å². The van der Waals surface area contributed by atoms with Gasteiger partial charge in [0.15, 0.2) is 11.9 Å². The van der Waals surface area contributed by atoms with Gasteiger partial charge in [-0.25, -0.2) is 4.39 Å². The highest BCUT2D eigenvalue weighted by Crippen LogP contribution is 2.26. The number of ether oxygens (including phenoxy) is 1. The number of carbonyl (C=O) groups excluding carboxylic acids is 2. The van der Waals surface area contributed by atoms with E-state index in [2.05, 4.69) is 21.2 Å². The average molecular weight is 380 g/mol. The number of hydrogen-bond acceptors (Lipinski definition) is 3. The molecule has 2 aromatic rings. The lowest BCUT2D eigenvalue weighted by atomic mass is 10.1. The van der Waals surface area contributed by atoms with E-state index in [1.54, 1.807) is 31.2 Å². The summed E-state index contributed by atoms with van der Waals surface area (Å²) in [6.07, 6.45) is -0.774. The Kier molecular flexibility index (Phi) is 5.50. The van der Waals surface area contributed by atoms with E-state index in [4.69, 9.17) is 4.74 Å². The predicted octanol–water partition coefficient (Wildman–Crippen LogP) is 4.20. The summed E-state index contributed by atoms with van der Waals surface area (Å²) in [5.74, 6) is -0.412. The van der Waals surface area contributed by atoms with Gasteiger partial charge in [-0.05, 0) is 72.2 Å². The quantitative estimate of drug-likeness (QED) is 0.792. The molecule has 0 heterocycles. The van der Waals surface area contributed by atoms with Crippen molar-refractivity contribution in [3.63, 3.8) is 0 Å². The van der Waals surface area contributed by atoms with E-state index in [0.717, 1.165) is 0 Å². The summed E-state index contributed by atoms with van der Waals surface area (Å²) in [6.45, 7) is 3.07. The largest absolute Gasteiger partial charge is 0.480 e. The number of rotatable bonds is 5. The Bertz CT molecular complexity index is 731. The predicted molar refractivity (Wildman–Crippen MR) is 89.3 cm³/mol. The molecule has 0 aliphatic heterocycles. The first-order valence-electron chi connectivity index (χ1n) is 6.90. The van der Waals surface area contributed by atoms with Crippen molar-refractivity contribution in [1.82, 2.24) is 0 Å². The molecule has 1 atom stereocenters. The number of Topliss-reactive ketones (excluding diaryl/α,β-unsaturated/α-hetero) is 1. The van der Waals surface area contributed by atoms with Gasteiger partial charge in [-0.1, -0.05) is 0 Å². The van der Waals surface area contributed by atoms with Gasteiger partial charge in [0.1, 0.15) is 11.6 Å². The van der Waals surface area contributed by atoms with Crippen molar-refractivity contribution in [2.45, 2.75) is 20.0 Å². The van der Waals surface area contributed by atoms with Crippen LogP contribution < -0.4 is 10.1 Å². The number of nitrogens with one attached hydrogen (secondary N) is 1. The summed E-state index contributed by atoms with van der Waals surface area (Å²) < 4.78 is 19.0. The van der Waals surface area contributed by atoms with E-state index >= 15 is 0 Å². The fourth-order valence-corrected chi connectivity index (χ4v) is 2.29. The van der Waals surface area contributed by atoms with Crippen molar-refractivity contribution in [2.24, 2.45) is 0 Å². The molecule has 0 aliphatic rings. The zero-order chi connectivity index (χ0) is 17.0. The third kappa shape index (κ3) is 4.63. The molecule has 0 radical (unpaired) electrons. The Hall–Kier alpha value is -2.21. The third-order valence-corrected chi connectivity index (χ3v) is 3.75. The van der Waals surface area contributed by atoms with E-state index in [1.165, 1.54) is 25.1 Å². The van der Waals surface area contributed by atoms with E-state index in [0.29, 0.717) is 21.5 Å². The zero-order valence-corrected chi connectivity index (χ0v) is 14.2. The summed E-state index contributed by atoms with van der Waals surface area (Å²) >= 11 is 3.18. The molecule has 120 valence electrons. The van der Waals surface area contributed by atoms with Crippen LogP contribution in [0.3, 0.4) is 0 Å². The maximum atomic E-state index is 13.0. The minimum absolute atomic E-state index is 0.0410. The van der Waals surface area contributed by atoms with Crippen LogP contribution in [0.2, 0.25) is 0 Å². The smallest absolute Gasteiger partial charge is 0.265 e. The lowest BCUT2D eigenvalue weighted by Gasteiger charge is -2.16. The molecule has 0 aromatic heterocycles. The second kappa shape index (κ2) is 7.37. The van der Waals surface area contributed by atoms with Crippen LogP contribution in [-0.2, 0) is 4.79 Å². The van der Waals surface area contributed by atoms with E-state index in [-0.39, 0.29) is 11.7 Å². The summed E-state index contributed by atoms with van der Waals surface area (Å²) in [5.41, 5.74) is 1.14. The molecule has 1 amide bonds. The SMILES string of the molecule is CC(=O)c1ccc(NC(=O)[C@H](C)Oc2ccc(F)cc2Br)cc1. The molecule has 2 rings (SSSR count). The van der Waals surface area contributed by atoms with Crippen LogP contribution in [0.5, 0.6) is 5.75 Å². The Morgan fingerprint density at radius 1 is 1.17 bits per heavy atom. The van der Waals surface area contributed by atoms with Crippen LogP contribution >= 0.6 is 15.9 Å². The van der Waals surface area contributed by atoms with Gasteiger partial charge in [-0.3, -0.25) is 9.59 Å². The monoisotopic (exact) mass is 379 g/mol. The molecule has 1 N–H and O–H groups in total. The van der Waals surface area contributed by atoms with Crippen molar-refractivity contribution in [2.75, 3.05) is 5.32 Å².